The predicted molar refractivity (Wildman–Crippen MR) is 136 cm³/mol. The average molecular weight is 530 g/mol. The van der Waals surface area contributed by atoms with E-state index in [1.54, 1.807) is 0 Å². The molecule has 13 heteroatoms. The summed E-state index contributed by atoms with van der Waals surface area (Å²) in [6, 6.07) is 17.2. The summed E-state index contributed by atoms with van der Waals surface area (Å²) >= 11 is 0. The van der Waals surface area contributed by atoms with E-state index >= 15 is 0 Å². The zero-order chi connectivity index (χ0) is 28.0. The van der Waals surface area contributed by atoms with Gasteiger partial charge in [0.15, 0.2) is 17.5 Å². The van der Waals surface area contributed by atoms with Crippen LogP contribution in [0, 0.1) is 0 Å². The molecule has 194 valence electrons. The summed E-state index contributed by atoms with van der Waals surface area (Å²) in [7, 11) is 0. The zero-order valence-electron chi connectivity index (χ0n) is 20.0. The number of aromatic carboxylic acids is 3. The Bertz CT molecular complexity index is 1590. The van der Waals surface area contributed by atoms with Gasteiger partial charge in [-0.15, -0.1) is 0 Å². The molecule has 3 heterocycles. The van der Waals surface area contributed by atoms with Crippen molar-refractivity contribution in [3.63, 3.8) is 0 Å². The summed E-state index contributed by atoms with van der Waals surface area (Å²) in [6.45, 7) is 0. The van der Waals surface area contributed by atoms with Crippen molar-refractivity contribution in [2.75, 3.05) is 0 Å². The summed E-state index contributed by atoms with van der Waals surface area (Å²) in [6.07, 6.45) is 0. The molecule has 0 bridgehead atoms. The van der Waals surface area contributed by atoms with Crippen LogP contribution in [0.3, 0.4) is 0 Å². The highest BCUT2D eigenvalue weighted by Crippen LogP contribution is 2.23. The Morgan fingerprint density at radius 2 is 0.675 bits per heavy atom. The van der Waals surface area contributed by atoms with Gasteiger partial charge in [0, 0.05) is 16.7 Å². The third kappa shape index (κ3) is 4.32. The fourth-order valence-electron chi connectivity index (χ4n) is 3.94. The van der Waals surface area contributed by atoms with Crippen LogP contribution < -0.4 is 15.3 Å². The fraction of sp³-hybridized carbons (Fsp3) is 0. The Morgan fingerprint density at radius 1 is 0.425 bits per heavy atom. The van der Waals surface area contributed by atoms with Crippen LogP contribution in [0.1, 0.15) is 47.8 Å². The fourth-order valence-corrected chi connectivity index (χ4v) is 3.94. The van der Waals surface area contributed by atoms with E-state index in [0.717, 1.165) is 0 Å². The van der Waals surface area contributed by atoms with Crippen LogP contribution in [0.4, 0.5) is 0 Å². The van der Waals surface area contributed by atoms with Crippen molar-refractivity contribution < 1.29 is 29.7 Å². The first-order chi connectivity index (χ1) is 19.3. The number of carbonyl (C=O) groups is 3. The molecule has 3 aliphatic rings. The molecule has 0 atom stereocenters. The van der Waals surface area contributed by atoms with Crippen molar-refractivity contribution in [3.05, 3.63) is 106 Å². The number of carboxylic acids is 3. The number of amidine groups is 3. The van der Waals surface area contributed by atoms with Crippen LogP contribution in [0.2, 0.25) is 0 Å². The van der Waals surface area contributed by atoms with Crippen LogP contribution in [-0.4, -0.2) is 58.2 Å². The Hall–Kier alpha value is -6.11. The van der Waals surface area contributed by atoms with E-state index in [1.807, 2.05) is 0 Å². The van der Waals surface area contributed by atoms with Crippen LogP contribution in [0.5, 0.6) is 0 Å². The molecular formula is C27H12N7O6-3. The number of carboxylic acid groups (broad SMARTS) is 3. The topological polar surface area (TPSA) is 198 Å². The molecule has 0 N–H and O–H groups in total. The molecule has 0 unspecified atom stereocenters. The highest BCUT2D eigenvalue weighted by Gasteiger charge is 2.35. The third-order valence-electron chi connectivity index (χ3n) is 5.97. The monoisotopic (exact) mass is 530 g/mol. The molecule has 3 aromatic rings. The number of hydrogen-bond acceptors (Lipinski definition) is 13. The Balaban J connectivity index is 1.48. The molecule has 13 nitrogen and oxygen atoms in total. The van der Waals surface area contributed by atoms with Crippen molar-refractivity contribution in [1.82, 2.24) is 4.90 Å². The minimum absolute atomic E-state index is 0.0220. The summed E-state index contributed by atoms with van der Waals surface area (Å²) in [5.74, 6) is -3.09. The van der Waals surface area contributed by atoms with Crippen LogP contribution in [0.15, 0.2) is 103 Å². The summed E-state index contributed by atoms with van der Waals surface area (Å²) in [4.78, 5) is 62.0. The number of guanidine groups is 3. The number of rotatable bonds is 6. The largest absolute Gasteiger partial charge is 0.545 e. The Labute approximate surface area is 224 Å². The lowest BCUT2D eigenvalue weighted by Crippen LogP contribution is -2.48. The summed E-state index contributed by atoms with van der Waals surface area (Å²) in [5, 5.41) is 33.5. The van der Waals surface area contributed by atoms with E-state index in [-0.39, 0.29) is 52.1 Å². The SMILES string of the molecule is O=C([O-])c1ccc(C2=NC3=NC(c4ccc(C(=O)[O-])cc4)=NC4=NC(c5ccc(C(=O)[O-])cc5)=NC(=N2)N34)cc1. The predicted octanol–water partition coefficient (Wildman–Crippen LogP) is -1.17. The minimum Gasteiger partial charge on any atom is -0.545 e. The van der Waals surface area contributed by atoms with Gasteiger partial charge in [-0.2, -0.15) is 30.0 Å². The highest BCUT2D eigenvalue weighted by molar-refractivity contribution is 6.34. The average Bonchev–Trinajstić information content (AvgIpc) is 2.97. The minimum atomic E-state index is -1.33. The number of aliphatic imine (C=N–C) groups is 6. The maximum absolute atomic E-state index is 11.2. The highest BCUT2D eigenvalue weighted by atomic mass is 16.4. The molecule has 0 saturated carbocycles. The smallest absolute Gasteiger partial charge is 0.243 e. The van der Waals surface area contributed by atoms with Crippen molar-refractivity contribution >= 4 is 53.3 Å². The van der Waals surface area contributed by atoms with Gasteiger partial charge in [-0.05, 0) is 16.7 Å². The van der Waals surface area contributed by atoms with Gasteiger partial charge in [0.05, 0.1) is 17.9 Å². The number of benzene rings is 3. The maximum Gasteiger partial charge on any atom is 0.243 e. The molecule has 0 spiro atoms. The molecule has 6 rings (SSSR count). The molecule has 0 fully saturated rings. The van der Waals surface area contributed by atoms with Gasteiger partial charge < -0.3 is 29.7 Å². The second kappa shape index (κ2) is 9.33. The molecule has 0 aliphatic carbocycles. The first kappa shape index (κ1) is 24.2. The van der Waals surface area contributed by atoms with Crippen molar-refractivity contribution in [3.8, 4) is 0 Å². The Kier molecular flexibility index (Phi) is 5.65. The molecule has 0 amide bonds. The molecule has 3 aromatic carbocycles. The molecular weight excluding hydrogens is 518 g/mol. The van der Waals surface area contributed by atoms with Crippen LogP contribution in [-0.2, 0) is 0 Å². The standard InChI is InChI=1S/C27H15N7O6/c35-22(36)16-7-1-13(2-8-16)19-28-25-30-20(14-3-9-17(10-4-14)23(37)38)32-27-33-21(31-26(29-19)34(25)27)15-5-11-18(12-6-15)24(39)40/h1-12H,(H,35,36)(H,37,38)(H,39,40)/p-3. The van der Waals surface area contributed by atoms with Crippen LogP contribution in [0.25, 0.3) is 0 Å². The van der Waals surface area contributed by atoms with Gasteiger partial charge in [0.1, 0.15) is 0 Å². The van der Waals surface area contributed by atoms with E-state index in [9.17, 15) is 29.7 Å². The normalized spacial score (nSPS) is 15.4. The second-order valence-electron chi connectivity index (χ2n) is 8.47. The van der Waals surface area contributed by atoms with Gasteiger partial charge in [-0.25, -0.2) is 4.90 Å². The van der Waals surface area contributed by atoms with Crippen molar-refractivity contribution in [1.29, 1.82) is 0 Å². The second-order valence-corrected chi connectivity index (χ2v) is 8.47. The van der Waals surface area contributed by atoms with Gasteiger partial charge in [0.25, 0.3) is 0 Å². The van der Waals surface area contributed by atoms with Gasteiger partial charge >= 0.3 is 0 Å². The molecule has 0 radical (unpaired) electrons. The number of hydrogen-bond donors (Lipinski definition) is 0. The first-order valence-corrected chi connectivity index (χ1v) is 11.5. The van der Waals surface area contributed by atoms with Gasteiger partial charge in [0.2, 0.25) is 17.9 Å². The van der Waals surface area contributed by atoms with Crippen LogP contribution >= 0.6 is 0 Å². The third-order valence-corrected chi connectivity index (χ3v) is 5.97. The molecule has 0 saturated heterocycles. The number of carbonyl (C=O) groups excluding carboxylic acids is 3. The van der Waals surface area contributed by atoms with Crippen molar-refractivity contribution in [2.24, 2.45) is 30.0 Å². The lowest BCUT2D eigenvalue weighted by Gasteiger charge is -2.30. The zero-order valence-corrected chi connectivity index (χ0v) is 20.0. The van der Waals surface area contributed by atoms with E-state index in [2.05, 4.69) is 30.0 Å². The molecule has 3 aliphatic heterocycles. The lowest BCUT2D eigenvalue weighted by atomic mass is 10.1. The van der Waals surface area contributed by atoms with Gasteiger partial charge in [-0.3, -0.25) is 0 Å². The first-order valence-electron chi connectivity index (χ1n) is 11.5. The maximum atomic E-state index is 11.2. The van der Waals surface area contributed by atoms with Crippen molar-refractivity contribution in [2.45, 2.75) is 0 Å². The van der Waals surface area contributed by atoms with E-state index in [1.165, 1.54) is 77.7 Å². The van der Waals surface area contributed by atoms with Gasteiger partial charge in [-0.1, -0.05) is 72.8 Å². The lowest BCUT2D eigenvalue weighted by molar-refractivity contribution is -0.256. The molecule has 0 aromatic heterocycles. The van der Waals surface area contributed by atoms with E-state index in [4.69, 9.17) is 0 Å². The number of nitrogens with zero attached hydrogens (tertiary/aromatic N) is 7. The molecule has 40 heavy (non-hydrogen) atoms. The summed E-state index contributed by atoms with van der Waals surface area (Å²) < 4.78 is 0. The van der Waals surface area contributed by atoms with E-state index in [0.29, 0.717) is 16.7 Å². The van der Waals surface area contributed by atoms with E-state index < -0.39 is 17.9 Å². The Morgan fingerprint density at radius 3 is 0.900 bits per heavy atom. The quantitative estimate of drug-likeness (QED) is 0.382. The summed E-state index contributed by atoms with van der Waals surface area (Å²) in [5.41, 5.74) is 1.35.